The molecule has 3 amide bonds. The highest BCUT2D eigenvalue weighted by atomic mass is 16.5. The lowest BCUT2D eigenvalue weighted by Gasteiger charge is -2.30. The van der Waals surface area contributed by atoms with Gasteiger partial charge in [-0.2, -0.15) is 0 Å². The van der Waals surface area contributed by atoms with Crippen LogP contribution < -0.4 is 15.0 Å². The Morgan fingerprint density at radius 3 is 2.44 bits per heavy atom. The first-order chi connectivity index (χ1) is 16.4. The van der Waals surface area contributed by atoms with E-state index >= 15 is 0 Å². The van der Waals surface area contributed by atoms with Gasteiger partial charge in [-0.3, -0.25) is 19.3 Å². The van der Waals surface area contributed by atoms with Crippen LogP contribution in [0.5, 0.6) is 5.75 Å². The number of benzene rings is 3. The highest BCUT2D eigenvalue weighted by molar-refractivity contribution is 6.26. The van der Waals surface area contributed by atoms with Gasteiger partial charge in [-0.15, -0.1) is 0 Å². The Labute approximate surface area is 199 Å². The molecule has 0 radical (unpaired) electrons. The van der Waals surface area contributed by atoms with Crippen LogP contribution in [0, 0.1) is 0 Å². The summed E-state index contributed by atoms with van der Waals surface area (Å²) in [4.78, 5) is 42.6. The first-order valence-corrected chi connectivity index (χ1v) is 11.5. The monoisotopic (exact) mass is 459 g/mol. The van der Waals surface area contributed by atoms with Gasteiger partial charge in [-0.25, -0.2) is 0 Å². The van der Waals surface area contributed by atoms with E-state index in [1.807, 2.05) is 61.5 Å². The minimum absolute atomic E-state index is 0.145. The van der Waals surface area contributed by atoms with Crippen molar-refractivity contribution in [2.24, 2.45) is 0 Å². The molecule has 1 N–H and O–H groups in total. The van der Waals surface area contributed by atoms with E-state index in [4.69, 9.17) is 4.74 Å². The minimum atomic E-state index is -0.697. The van der Waals surface area contributed by atoms with Crippen LogP contribution >= 0.6 is 0 Å². The highest BCUT2D eigenvalue weighted by Gasteiger charge is 2.34. The molecule has 1 aliphatic heterocycles. The molecule has 0 unspecified atom stereocenters. The van der Waals surface area contributed by atoms with E-state index in [1.165, 1.54) is 9.80 Å². The molecule has 0 bridgehead atoms. The zero-order valence-corrected chi connectivity index (χ0v) is 19.7. The molecule has 3 aromatic carbocycles. The van der Waals surface area contributed by atoms with Gasteiger partial charge >= 0.3 is 0 Å². The number of carbonyl (C=O) groups is 3. The molecule has 1 heterocycles. The molecule has 4 rings (SSSR count). The molecule has 0 saturated heterocycles. The van der Waals surface area contributed by atoms with Crippen molar-refractivity contribution < 1.29 is 19.1 Å². The number of rotatable bonds is 9. The van der Waals surface area contributed by atoms with Gasteiger partial charge in [0.05, 0.1) is 12.8 Å². The minimum Gasteiger partial charge on any atom is -0.497 e. The Kier molecular flexibility index (Phi) is 6.82. The summed E-state index contributed by atoms with van der Waals surface area (Å²) in [6.45, 7) is 4.32. The maximum absolute atomic E-state index is 13.6. The summed E-state index contributed by atoms with van der Waals surface area (Å²) in [6.07, 6.45) is 0.801. The predicted molar refractivity (Wildman–Crippen MR) is 132 cm³/mol. The Hall–Kier alpha value is -3.87. The van der Waals surface area contributed by atoms with Crippen LogP contribution in [0.15, 0.2) is 60.7 Å². The fraction of sp³-hybridized carbons (Fsp3) is 0.296. The molecule has 7 heteroatoms. The molecular weight excluding hydrogens is 430 g/mol. The number of carbonyl (C=O) groups excluding carboxylic acids is 3. The number of amides is 3. The van der Waals surface area contributed by atoms with Crippen molar-refractivity contribution in [3.05, 3.63) is 71.8 Å². The molecule has 34 heavy (non-hydrogen) atoms. The van der Waals surface area contributed by atoms with Crippen molar-refractivity contribution in [1.29, 1.82) is 0 Å². The third kappa shape index (κ3) is 4.46. The summed E-state index contributed by atoms with van der Waals surface area (Å²) in [5.41, 5.74) is 2.18. The van der Waals surface area contributed by atoms with E-state index in [0.29, 0.717) is 17.9 Å². The standard InChI is InChI=1S/C27H29N3O4/c1-4-15-28-26(32)18(2)29(16-19-11-13-21(34-3)14-12-19)24(31)17-30-23-10-6-8-20-7-5-9-22(25(20)23)27(30)33/h5-14,18H,4,15-17H2,1-3H3,(H,28,32)/t18-/m0/s1. The van der Waals surface area contributed by atoms with Crippen molar-refractivity contribution >= 4 is 34.2 Å². The normalized spacial score (nSPS) is 13.1. The first-order valence-electron chi connectivity index (χ1n) is 11.5. The Balaban J connectivity index is 1.60. The predicted octanol–water partition coefficient (Wildman–Crippen LogP) is 3.75. The van der Waals surface area contributed by atoms with E-state index in [2.05, 4.69) is 5.32 Å². The molecule has 0 spiro atoms. The highest BCUT2D eigenvalue weighted by Crippen LogP contribution is 2.37. The van der Waals surface area contributed by atoms with E-state index in [9.17, 15) is 14.4 Å². The van der Waals surface area contributed by atoms with E-state index in [0.717, 1.165) is 28.4 Å². The van der Waals surface area contributed by atoms with Gasteiger partial charge in [0, 0.05) is 24.0 Å². The number of nitrogens with zero attached hydrogens (tertiary/aromatic N) is 2. The first kappa shape index (κ1) is 23.3. The van der Waals surface area contributed by atoms with Crippen molar-refractivity contribution in [3.63, 3.8) is 0 Å². The fourth-order valence-electron chi connectivity index (χ4n) is 4.27. The second kappa shape index (κ2) is 9.95. The van der Waals surface area contributed by atoms with Crippen LogP contribution in [0.1, 0.15) is 36.2 Å². The Morgan fingerprint density at radius 1 is 1.06 bits per heavy atom. The lowest BCUT2D eigenvalue weighted by atomic mass is 10.1. The molecule has 0 fully saturated rings. The number of ether oxygens (including phenoxy) is 1. The molecule has 0 aliphatic carbocycles. The number of methoxy groups -OCH3 is 1. The second-order valence-corrected chi connectivity index (χ2v) is 8.41. The zero-order valence-electron chi connectivity index (χ0n) is 19.7. The number of hydrogen-bond donors (Lipinski definition) is 1. The summed E-state index contributed by atoms with van der Waals surface area (Å²) < 4.78 is 5.22. The summed E-state index contributed by atoms with van der Waals surface area (Å²) in [5.74, 6) is -0.00788. The molecule has 176 valence electrons. The molecule has 0 saturated carbocycles. The van der Waals surface area contributed by atoms with Crippen LogP contribution in [0.4, 0.5) is 5.69 Å². The number of anilines is 1. The summed E-state index contributed by atoms with van der Waals surface area (Å²) in [5, 5.41) is 4.69. The lowest BCUT2D eigenvalue weighted by Crippen LogP contribution is -2.51. The summed E-state index contributed by atoms with van der Waals surface area (Å²) in [6, 6.07) is 18.0. The van der Waals surface area contributed by atoms with Gasteiger partial charge in [0.25, 0.3) is 5.91 Å². The van der Waals surface area contributed by atoms with Crippen molar-refractivity contribution in [2.75, 3.05) is 25.1 Å². The molecule has 0 aromatic heterocycles. The summed E-state index contributed by atoms with van der Waals surface area (Å²) >= 11 is 0. The number of nitrogens with one attached hydrogen (secondary N) is 1. The van der Waals surface area contributed by atoms with E-state index < -0.39 is 6.04 Å². The van der Waals surface area contributed by atoms with Crippen molar-refractivity contribution in [3.8, 4) is 5.75 Å². The van der Waals surface area contributed by atoms with Crippen molar-refractivity contribution in [2.45, 2.75) is 32.9 Å². The zero-order chi connectivity index (χ0) is 24.2. The SMILES string of the molecule is CCCNC(=O)[C@H](C)N(Cc1ccc(OC)cc1)C(=O)CN1C(=O)c2cccc3cccc1c23. The van der Waals surface area contributed by atoms with Gasteiger partial charge in [0.1, 0.15) is 18.3 Å². The van der Waals surface area contributed by atoms with Crippen LogP contribution in [0.25, 0.3) is 10.8 Å². The van der Waals surface area contributed by atoms with Gasteiger partial charge < -0.3 is 15.0 Å². The second-order valence-electron chi connectivity index (χ2n) is 8.41. The Bertz CT molecular complexity index is 1220. The molecule has 7 nitrogen and oxygen atoms in total. The van der Waals surface area contributed by atoms with Gasteiger partial charge in [-0.1, -0.05) is 43.3 Å². The van der Waals surface area contributed by atoms with E-state index in [1.54, 1.807) is 20.1 Å². The average molecular weight is 460 g/mol. The average Bonchev–Trinajstić information content (AvgIpc) is 3.13. The third-order valence-corrected chi connectivity index (χ3v) is 6.17. The van der Waals surface area contributed by atoms with Crippen LogP contribution in [0.2, 0.25) is 0 Å². The topological polar surface area (TPSA) is 79.0 Å². The van der Waals surface area contributed by atoms with Crippen LogP contribution in [-0.4, -0.2) is 48.9 Å². The molecular formula is C27H29N3O4. The maximum Gasteiger partial charge on any atom is 0.259 e. The lowest BCUT2D eigenvalue weighted by molar-refractivity contribution is -0.139. The van der Waals surface area contributed by atoms with E-state index in [-0.39, 0.29) is 30.8 Å². The Morgan fingerprint density at radius 2 is 1.76 bits per heavy atom. The quantitative estimate of drug-likeness (QED) is 0.529. The number of hydrogen-bond acceptors (Lipinski definition) is 4. The van der Waals surface area contributed by atoms with Crippen LogP contribution in [-0.2, 0) is 16.1 Å². The van der Waals surface area contributed by atoms with Gasteiger partial charge in [0.2, 0.25) is 11.8 Å². The largest absolute Gasteiger partial charge is 0.497 e. The van der Waals surface area contributed by atoms with Crippen LogP contribution in [0.3, 0.4) is 0 Å². The molecule has 1 aliphatic rings. The summed E-state index contributed by atoms with van der Waals surface area (Å²) in [7, 11) is 1.59. The molecule has 3 aromatic rings. The fourth-order valence-corrected chi connectivity index (χ4v) is 4.27. The third-order valence-electron chi connectivity index (χ3n) is 6.17. The smallest absolute Gasteiger partial charge is 0.259 e. The van der Waals surface area contributed by atoms with Crippen molar-refractivity contribution in [1.82, 2.24) is 10.2 Å². The van der Waals surface area contributed by atoms with Gasteiger partial charge in [0.15, 0.2) is 0 Å². The van der Waals surface area contributed by atoms with Gasteiger partial charge in [-0.05, 0) is 48.6 Å². The molecule has 1 atom stereocenters. The maximum atomic E-state index is 13.6.